The maximum Gasteiger partial charge on any atom is 0.334 e. The van der Waals surface area contributed by atoms with Gasteiger partial charge in [-0.15, -0.1) is 0 Å². The summed E-state index contributed by atoms with van der Waals surface area (Å²) in [6.45, 7) is 0.765. The zero-order chi connectivity index (χ0) is 17.1. The number of anilines is 1. The third-order valence-electron chi connectivity index (χ3n) is 4.49. The van der Waals surface area contributed by atoms with Crippen LogP contribution in [0.3, 0.4) is 0 Å². The summed E-state index contributed by atoms with van der Waals surface area (Å²) in [6, 6.07) is 8.10. The summed E-state index contributed by atoms with van der Waals surface area (Å²) < 4.78 is 5.29. The van der Waals surface area contributed by atoms with E-state index in [4.69, 9.17) is 4.74 Å². The molecule has 1 aromatic rings. The first-order valence-electron chi connectivity index (χ1n) is 7.96. The highest BCUT2D eigenvalue weighted by Gasteiger charge is 2.33. The van der Waals surface area contributed by atoms with Gasteiger partial charge in [-0.3, -0.25) is 0 Å². The fourth-order valence-electron chi connectivity index (χ4n) is 3.35. The SMILES string of the molecule is COC1C(=C=O)C(N2CCCCc3ccccc32)=CC=C1C(=O)O. The molecule has 1 atom stereocenters. The highest BCUT2D eigenvalue weighted by molar-refractivity contribution is 5.92. The van der Waals surface area contributed by atoms with Gasteiger partial charge in [-0.1, -0.05) is 18.2 Å². The summed E-state index contributed by atoms with van der Waals surface area (Å²) in [5, 5.41) is 9.32. The van der Waals surface area contributed by atoms with Crippen molar-refractivity contribution >= 4 is 17.6 Å². The number of allylic oxidation sites excluding steroid dienone is 2. The Kier molecular flexibility index (Phi) is 4.65. The van der Waals surface area contributed by atoms with Crippen LogP contribution in [0.15, 0.2) is 53.3 Å². The fourth-order valence-corrected chi connectivity index (χ4v) is 3.35. The molecule has 1 N–H and O–H groups in total. The monoisotopic (exact) mass is 325 g/mol. The molecule has 3 rings (SSSR count). The molecule has 124 valence electrons. The summed E-state index contributed by atoms with van der Waals surface area (Å²) in [5.74, 6) is 0.820. The maximum absolute atomic E-state index is 11.6. The van der Waals surface area contributed by atoms with Crippen LogP contribution < -0.4 is 4.90 Å². The molecule has 0 spiro atoms. The lowest BCUT2D eigenvalue weighted by Crippen LogP contribution is -2.33. The van der Waals surface area contributed by atoms with Crippen LogP contribution in [-0.4, -0.2) is 36.8 Å². The zero-order valence-corrected chi connectivity index (χ0v) is 13.5. The van der Waals surface area contributed by atoms with Gasteiger partial charge in [-0.2, -0.15) is 0 Å². The number of hydrogen-bond donors (Lipinski definition) is 1. The number of para-hydroxylation sites is 1. The molecular formula is C19H19NO4. The second-order valence-electron chi connectivity index (χ2n) is 5.85. The number of carboxylic acid groups (broad SMARTS) is 1. The Morgan fingerprint density at radius 2 is 2.08 bits per heavy atom. The molecule has 0 aromatic heterocycles. The van der Waals surface area contributed by atoms with Gasteiger partial charge in [-0.25, -0.2) is 9.59 Å². The number of carbonyl (C=O) groups is 1. The molecule has 0 saturated heterocycles. The molecule has 2 aliphatic rings. The third kappa shape index (κ3) is 2.80. The third-order valence-corrected chi connectivity index (χ3v) is 4.49. The minimum atomic E-state index is -1.10. The number of fused-ring (bicyclic) bond motifs is 1. The Morgan fingerprint density at radius 3 is 2.79 bits per heavy atom. The van der Waals surface area contributed by atoms with Crippen LogP contribution in [0.2, 0.25) is 0 Å². The molecule has 1 unspecified atom stereocenters. The van der Waals surface area contributed by atoms with Crippen LogP contribution in [0.1, 0.15) is 18.4 Å². The van der Waals surface area contributed by atoms with E-state index in [1.807, 2.05) is 24.1 Å². The van der Waals surface area contributed by atoms with Crippen LogP contribution >= 0.6 is 0 Å². The number of aryl methyl sites for hydroxylation is 1. The van der Waals surface area contributed by atoms with Crippen molar-refractivity contribution < 1.29 is 19.4 Å². The predicted octanol–water partition coefficient (Wildman–Crippen LogP) is 2.51. The summed E-state index contributed by atoms with van der Waals surface area (Å²) in [7, 11) is 1.40. The summed E-state index contributed by atoms with van der Waals surface area (Å²) in [4.78, 5) is 25.1. The zero-order valence-electron chi connectivity index (χ0n) is 13.5. The number of hydrogen-bond acceptors (Lipinski definition) is 4. The van der Waals surface area contributed by atoms with Gasteiger partial charge in [-0.05, 0) is 43.0 Å². The Labute approximate surface area is 140 Å². The van der Waals surface area contributed by atoms with E-state index in [2.05, 4.69) is 11.0 Å². The molecule has 1 aliphatic carbocycles. The normalized spacial score (nSPS) is 20.5. The number of ether oxygens (including phenoxy) is 1. The minimum absolute atomic E-state index is 0.0442. The maximum atomic E-state index is 11.6. The van der Waals surface area contributed by atoms with E-state index in [1.165, 1.54) is 18.7 Å². The second kappa shape index (κ2) is 6.87. The Hall–Kier alpha value is -2.62. The molecule has 1 aromatic carbocycles. The van der Waals surface area contributed by atoms with Crippen molar-refractivity contribution in [3.63, 3.8) is 0 Å². The number of nitrogens with zero attached hydrogens (tertiary/aromatic N) is 1. The van der Waals surface area contributed by atoms with E-state index in [-0.39, 0.29) is 11.1 Å². The molecule has 0 fully saturated rings. The fraction of sp³-hybridized carbons (Fsp3) is 0.316. The predicted molar refractivity (Wildman–Crippen MR) is 90.5 cm³/mol. The van der Waals surface area contributed by atoms with Gasteiger partial charge >= 0.3 is 5.97 Å². The lowest BCUT2D eigenvalue weighted by atomic mass is 9.93. The average molecular weight is 325 g/mol. The van der Waals surface area contributed by atoms with Gasteiger partial charge in [0, 0.05) is 19.3 Å². The van der Waals surface area contributed by atoms with Gasteiger partial charge in [0.15, 0.2) is 0 Å². The molecule has 5 heteroatoms. The van der Waals surface area contributed by atoms with E-state index >= 15 is 0 Å². The number of carboxylic acids is 1. The highest BCUT2D eigenvalue weighted by Crippen LogP contribution is 2.35. The van der Waals surface area contributed by atoms with Gasteiger partial charge < -0.3 is 14.7 Å². The van der Waals surface area contributed by atoms with Crippen LogP contribution in [0, 0.1) is 0 Å². The summed E-state index contributed by atoms with van der Waals surface area (Å²) >= 11 is 0. The summed E-state index contributed by atoms with van der Waals surface area (Å²) in [6.07, 6.45) is 5.34. The van der Waals surface area contributed by atoms with Crippen molar-refractivity contribution in [1.82, 2.24) is 0 Å². The van der Waals surface area contributed by atoms with Crippen LogP contribution in [0.25, 0.3) is 0 Å². The van der Waals surface area contributed by atoms with Crippen molar-refractivity contribution in [2.45, 2.75) is 25.4 Å². The van der Waals surface area contributed by atoms with Crippen LogP contribution in [-0.2, 0) is 20.7 Å². The van der Waals surface area contributed by atoms with E-state index in [0.29, 0.717) is 5.70 Å². The van der Waals surface area contributed by atoms with Gasteiger partial charge in [0.1, 0.15) is 12.0 Å². The van der Waals surface area contributed by atoms with Crippen LogP contribution in [0.5, 0.6) is 0 Å². The topological polar surface area (TPSA) is 66.8 Å². The van der Waals surface area contributed by atoms with Gasteiger partial charge in [0.25, 0.3) is 0 Å². The Morgan fingerprint density at radius 1 is 1.29 bits per heavy atom. The number of benzene rings is 1. The molecule has 0 amide bonds. The highest BCUT2D eigenvalue weighted by atomic mass is 16.5. The van der Waals surface area contributed by atoms with Gasteiger partial charge in [0.05, 0.1) is 16.8 Å². The Balaban J connectivity index is 2.11. The second-order valence-corrected chi connectivity index (χ2v) is 5.85. The van der Waals surface area contributed by atoms with E-state index in [0.717, 1.165) is 31.5 Å². The molecule has 0 radical (unpaired) electrons. The molecule has 0 bridgehead atoms. The van der Waals surface area contributed by atoms with Crippen molar-refractivity contribution in [1.29, 1.82) is 0 Å². The first-order chi connectivity index (χ1) is 11.7. The Bertz CT molecular complexity index is 771. The van der Waals surface area contributed by atoms with E-state index in [1.54, 1.807) is 6.08 Å². The van der Waals surface area contributed by atoms with Gasteiger partial charge in [0.2, 0.25) is 0 Å². The number of methoxy groups -OCH3 is 1. The lowest BCUT2D eigenvalue weighted by Gasteiger charge is -2.32. The van der Waals surface area contributed by atoms with E-state index in [9.17, 15) is 14.7 Å². The standard InChI is InChI=1S/C19H19NO4/c1-24-18-14(19(22)23)9-10-17(15(18)12-21)20-11-5-4-7-13-6-2-3-8-16(13)20/h2-3,6,8-10,18H,4-5,7,11H2,1H3,(H,22,23). The lowest BCUT2D eigenvalue weighted by molar-refractivity contribution is -0.133. The molecule has 24 heavy (non-hydrogen) atoms. The average Bonchev–Trinajstić information content (AvgIpc) is 2.82. The minimum Gasteiger partial charge on any atom is -0.478 e. The quantitative estimate of drug-likeness (QED) is 0.865. The molecule has 5 nitrogen and oxygen atoms in total. The molecule has 0 saturated carbocycles. The number of rotatable bonds is 3. The molecule has 1 aliphatic heterocycles. The first-order valence-corrected chi connectivity index (χ1v) is 7.96. The van der Waals surface area contributed by atoms with Crippen molar-refractivity contribution in [3.8, 4) is 0 Å². The summed E-state index contributed by atoms with van der Waals surface area (Å²) in [5.41, 5.74) is 3.21. The van der Waals surface area contributed by atoms with Crippen molar-refractivity contribution in [2.24, 2.45) is 0 Å². The first kappa shape index (κ1) is 16.2. The number of carbonyl (C=O) groups excluding carboxylic acids is 1. The van der Waals surface area contributed by atoms with E-state index < -0.39 is 12.1 Å². The molecular weight excluding hydrogens is 306 g/mol. The van der Waals surface area contributed by atoms with Crippen molar-refractivity contribution in [2.75, 3.05) is 18.6 Å². The van der Waals surface area contributed by atoms with Crippen LogP contribution in [0.4, 0.5) is 5.69 Å². The smallest absolute Gasteiger partial charge is 0.334 e. The van der Waals surface area contributed by atoms with Crippen molar-refractivity contribution in [3.05, 3.63) is 58.8 Å². The number of aliphatic carboxylic acids is 1. The largest absolute Gasteiger partial charge is 0.478 e. The molecule has 1 heterocycles.